The summed E-state index contributed by atoms with van der Waals surface area (Å²) in [4.78, 5) is 75.2. The summed E-state index contributed by atoms with van der Waals surface area (Å²) in [5, 5.41) is 11.5. The topological polar surface area (TPSA) is 183 Å². The molecule has 2 aromatic heterocycles. The lowest BCUT2D eigenvalue weighted by Crippen LogP contribution is -2.56. The van der Waals surface area contributed by atoms with Gasteiger partial charge in [0.05, 0.1) is 43.2 Å². The van der Waals surface area contributed by atoms with Crippen LogP contribution in [-0.4, -0.2) is 113 Å². The third-order valence-electron chi connectivity index (χ3n) is 14.1. The molecule has 5 aliphatic rings. The smallest absolute Gasteiger partial charge is 0.407 e. The van der Waals surface area contributed by atoms with Crippen LogP contribution in [0.2, 0.25) is 0 Å². The maximum absolute atomic E-state index is 14.1. The quantitative estimate of drug-likeness (QED) is 0.134. The predicted molar refractivity (Wildman–Crippen MR) is 235 cm³/mol. The van der Waals surface area contributed by atoms with Crippen LogP contribution >= 0.6 is 0 Å². The fourth-order valence-electron chi connectivity index (χ4n) is 10.8. The zero-order valence-electron chi connectivity index (χ0n) is 35.9. The number of benzene rings is 2. The molecule has 2 saturated heterocycles. The molecule has 5 unspecified atom stereocenters. The Kier molecular flexibility index (Phi) is 12.4. The average molecular weight is 846 g/mol. The highest BCUT2D eigenvalue weighted by atomic mass is 16.5. The molecule has 328 valence electrons. The van der Waals surface area contributed by atoms with Gasteiger partial charge in [-0.3, -0.25) is 19.9 Å². The van der Waals surface area contributed by atoms with E-state index < -0.39 is 24.3 Å². The molecule has 9 rings (SSSR count). The molecule has 15 nitrogen and oxygen atoms in total. The number of carbonyl (C=O) groups is 4. The number of aromatic nitrogens is 3. The molecule has 5 heterocycles. The number of H-pyrrole nitrogens is 1. The van der Waals surface area contributed by atoms with Crippen LogP contribution in [-0.2, 0) is 19.1 Å². The summed E-state index contributed by atoms with van der Waals surface area (Å²) in [5.41, 5.74) is 5.18. The van der Waals surface area contributed by atoms with Crippen LogP contribution in [0, 0.1) is 11.8 Å². The summed E-state index contributed by atoms with van der Waals surface area (Å²) in [6.45, 7) is 1.86. The second-order valence-corrected chi connectivity index (χ2v) is 17.8. The van der Waals surface area contributed by atoms with Crippen molar-refractivity contribution in [3.05, 3.63) is 59.9 Å². The molecular weight excluding hydrogens is 787 g/mol. The minimum absolute atomic E-state index is 0.0281. The Bertz CT molecular complexity index is 2330. The van der Waals surface area contributed by atoms with Crippen molar-refractivity contribution < 1.29 is 28.7 Å². The van der Waals surface area contributed by atoms with E-state index in [1.165, 1.54) is 14.2 Å². The van der Waals surface area contributed by atoms with Gasteiger partial charge in [0, 0.05) is 25.2 Å². The van der Waals surface area contributed by atoms with Gasteiger partial charge in [-0.05, 0) is 104 Å². The Morgan fingerprint density at radius 3 is 1.94 bits per heavy atom. The van der Waals surface area contributed by atoms with Gasteiger partial charge in [0.2, 0.25) is 11.8 Å². The number of hydrogen-bond donors (Lipinski definition) is 4. The van der Waals surface area contributed by atoms with Gasteiger partial charge in [-0.15, -0.1) is 0 Å². The summed E-state index contributed by atoms with van der Waals surface area (Å²) >= 11 is 0. The molecule has 4 aromatic rings. The molecule has 5 atom stereocenters. The highest BCUT2D eigenvalue weighted by Gasteiger charge is 2.43. The first-order chi connectivity index (χ1) is 30.3. The Morgan fingerprint density at radius 1 is 0.677 bits per heavy atom. The van der Waals surface area contributed by atoms with Gasteiger partial charge in [0.25, 0.3) is 0 Å². The number of rotatable bonds is 10. The number of ether oxygens (including phenoxy) is 2. The van der Waals surface area contributed by atoms with Gasteiger partial charge in [-0.1, -0.05) is 62.8 Å². The molecule has 3 aliphatic heterocycles. The van der Waals surface area contributed by atoms with E-state index in [0.717, 1.165) is 129 Å². The number of aliphatic imine (C=N–C) groups is 1. The maximum Gasteiger partial charge on any atom is 0.407 e. The first-order valence-corrected chi connectivity index (χ1v) is 22.8. The van der Waals surface area contributed by atoms with E-state index in [4.69, 9.17) is 24.4 Å². The minimum Gasteiger partial charge on any atom is -0.453 e. The van der Waals surface area contributed by atoms with Gasteiger partial charge in [-0.2, -0.15) is 0 Å². The summed E-state index contributed by atoms with van der Waals surface area (Å²) in [5.74, 6) is 0.800. The zero-order chi connectivity index (χ0) is 42.7. The second kappa shape index (κ2) is 18.4. The van der Waals surface area contributed by atoms with E-state index in [1.807, 2.05) is 21.9 Å². The molecule has 4 N–H and O–H groups in total. The number of hydrogen-bond acceptors (Lipinski definition) is 10. The lowest BCUT2D eigenvalue weighted by Gasteiger charge is -2.35. The van der Waals surface area contributed by atoms with E-state index in [-0.39, 0.29) is 41.9 Å². The molecule has 0 bridgehead atoms. The normalized spacial score (nSPS) is 23.3. The van der Waals surface area contributed by atoms with E-state index >= 15 is 0 Å². The van der Waals surface area contributed by atoms with Crippen molar-refractivity contribution in [2.75, 3.05) is 33.9 Å². The Labute approximate surface area is 362 Å². The number of likely N-dealkylation sites (tertiary alicyclic amines) is 2. The van der Waals surface area contributed by atoms with Crippen molar-refractivity contribution in [1.29, 1.82) is 0 Å². The average Bonchev–Trinajstić information content (AvgIpc) is 4.16. The van der Waals surface area contributed by atoms with Gasteiger partial charge < -0.3 is 34.9 Å². The highest BCUT2D eigenvalue weighted by molar-refractivity contribution is 6.06. The van der Waals surface area contributed by atoms with Crippen molar-refractivity contribution >= 4 is 51.6 Å². The van der Waals surface area contributed by atoms with E-state index in [2.05, 4.69) is 57.3 Å². The summed E-state index contributed by atoms with van der Waals surface area (Å²) in [6.07, 6.45) is 12.2. The molecule has 62 heavy (non-hydrogen) atoms. The number of amides is 4. The standard InChI is InChI=1S/C47H59N9O6/c1-61-46(59)52-39(28-11-5-3-6-12-28)44(57)55-23-9-15-37(55)42-48-27-36(51-42)33-20-18-30-25-32(19-17-31(30)26-33)34-21-22-35-41(49-34)54-43(50-35)38-16-10-24-56(38)45(58)40(53-47(60)62-2)29-13-7-4-8-14-29/h17-22,25-26,28-29,37-40,42,48H,3-16,23-24,27H2,1-2H3,(H,52,59)(H,53,60)(H,49,50,54). The molecule has 2 aliphatic carbocycles. The van der Waals surface area contributed by atoms with Gasteiger partial charge in [-0.25, -0.2) is 19.6 Å². The van der Waals surface area contributed by atoms with Crippen LogP contribution in [0.5, 0.6) is 0 Å². The zero-order valence-corrected chi connectivity index (χ0v) is 35.9. The number of methoxy groups -OCH3 is 2. The number of nitrogens with one attached hydrogen (secondary N) is 4. The highest BCUT2D eigenvalue weighted by Crippen LogP contribution is 2.36. The lowest BCUT2D eigenvalue weighted by atomic mass is 9.83. The SMILES string of the molecule is COC(=O)NC(C(=O)N1CCCC1c1nc2nc(-c3ccc4cc(C5=NC(C6CCCN6C(=O)C(NC(=O)OC)C6CCCCC6)NC5)ccc4c3)ccc2[nH]1)C1CCCCC1. The van der Waals surface area contributed by atoms with Gasteiger partial charge in [0.15, 0.2) is 5.65 Å². The lowest BCUT2D eigenvalue weighted by molar-refractivity contribution is -0.137. The fraction of sp³-hybridized carbons (Fsp3) is 0.553. The first-order valence-electron chi connectivity index (χ1n) is 22.8. The Morgan fingerprint density at radius 2 is 1.27 bits per heavy atom. The monoisotopic (exact) mass is 845 g/mol. The Hall–Kier alpha value is -5.57. The summed E-state index contributed by atoms with van der Waals surface area (Å²) in [6, 6.07) is 15.2. The van der Waals surface area contributed by atoms with Gasteiger partial charge in [0.1, 0.15) is 24.1 Å². The third kappa shape index (κ3) is 8.60. The molecule has 4 amide bonds. The largest absolute Gasteiger partial charge is 0.453 e. The van der Waals surface area contributed by atoms with Crippen LogP contribution in [0.15, 0.2) is 53.5 Å². The van der Waals surface area contributed by atoms with Gasteiger partial charge >= 0.3 is 12.2 Å². The second-order valence-electron chi connectivity index (χ2n) is 17.8. The molecule has 2 saturated carbocycles. The summed E-state index contributed by atoms with van der Waals surface area (Å²) in [7, 11) is 2.67. The Balaban J connectivity index is 0.891. The minimum atomic E-state index is -0.621. The van der Waals surface area contributed by atoms with Crippen molar-refractivity contribution in [2.45, 2.75) is 120 Å². The van der Waals surface area contributed by atoms with Crippen molar-refractivity contribution in [3.63, 3.8) is 0 Å². The summed E-state index contributed by atoms with van der Waals surface area (Å²) < 4.78 is 9.84. The fourth-order valence-corrected chi connectivity index (χ4v) is 10.8. The van der Waals surface area contributed by atoms with E-state index in [1.54, 1.807) is 0 Å². The molecule has 2 aromatic carbocycles. The number of pyridine rings is 1. The van der Waals surface area contributed by atoms with E-state index in [9.17, 15) is 19.2 Å². The molecular formula is C47H59N9O6. The molecule has 15 heteroatoms. The number of carbonyl (C=O) groups excluding carboxylic acids is 4. The van der Waals surface area contributed by atoms with Crippen molar-refractivity contribution in [1.82, 2.24) is 40.7 Å². The number of nitrogens with zero attached hydrogens (tertiary/aromatic N) is 5. The molecule has 0 spiro atoms. The molecule has 0 radical (unpaired) electrons. The number of alkyl carbamates (subject to hydrolysis) is 2. The number of aromatic amines is 1. The van der Waals surface area contributed by atoms with Crippen molar-refractivity contribution in [3.8, 4) is 11.3 Å². The van der Waals surface area contributed by atoms with Crippen LogP contribution in [0.1, 0.15) is 107 Å². The molecule has 4 fully saturated rings. The van der Waals surface area contributed by atoms with E-state index in [0.29, 0.717) is 31.1 Å². The number of fused-ring (bicyclic) bond motifs is 2. The van der Waals surface area contributed by atoms with Crippen LogP contribution in [0.25, 0.3) is 33.2 Å². The first kappa shape index (κ1) is 41.8. The van der Waals surface area contributed by atoms with Crippen LogP contribution < -0.4 is 16.0 Å². The predicted octanol–water partition coefficient (Wildman–Crippen LogP) is 6.76. The van der Waals surface area contributed by atoms with Crippen molar-refractivity contribution in [2.24, 2.45) is 16.8 Å². The van der Waals surface area contributed by atoms with Crippen LogP contribution in [0.3, 0.4) is 0 Å². The number of imidazole rings is 1. The third-order valence-corrected chi connectivity index (χ3v) is 14.1. The van der Waals surface area contributed by atoms with Crippen LogP contribution in [0.4, 0.5) is 9.59 Å². The maximum atomic E-state index is 14.1.